The molecule has 1 N–H and O–H groups in total. The molecule has 1 aliphatic heterocycles. The van der Waals surface area contributed by atoms with E-state index in [0.29, 0.717) is 38.6 Å². The maximum atomic E-state index is 13.2. The van der Waals surface area contributed by atoms with Crippen molar-refractivity contribution in [2.75, 3.05) is 43.1 Å². The van der Waals surface area contributed by atoms with E-state index in [1.165, 1.54) is 18.2 Å². The zero-order valence-electron chi connectivity index (χ0n) is 15.6. The topological polar surface area (TPSA) is 63.7 Å². The number of halogens is 4. The molecule has 10 heteroatoms. The number of rotatable bonds is 5. The molecule has 1 aromatic heterocycles. The van der Waals surface area contributed by atoms with E-state index in [-0.39, 0.29) is 22.3 Å². The number of anilines is 2. The molecule has 0 aliphatic carbocycles. The van der Waals surface area contributed by atoms with Gasteiger partial charge in [-0.3, -0.25) is 4.79 Å². The molecule has 6 nitrogen and oxygen atoms in total. The van der Waals surface area contributed by atoms with E-state index < -0.39 is 17.6 Å². The van der Waals surface area contributed by atoms with Crippen LogP contribution in [-0.2, 0) is 10.9 Å². The minimum absolute atomic E-state index is 0.0198. The molecule has 29 heavy (non-hydrogen) atoms. The number of amides is 1. The van der Waals surface area contributed by atoms with Crippen molar-refractivity contribution in [2.24, 2.45) is 0 Å². The zero-order chi connectivity index (χ0) is 21.0. The zero-order valence-corrected chi connectivity index (χ0v) is 16.3. The van der Waals surface area contributed by atoms with Crippen molar-refractivity contribution >= 4 is 28.9 Å². The number of hydrogen-bond donors (Lipinski definition) is 1. The molecular formula is C19H19ClF3N3O3. The summed E-state index contributed by atoms with van der Waals surface area (Å²) in [5.74, 6) is -0.537. The van der Waals surface area contributed by atoms with E-state index in [4.69, 9.17) is 21.1 Å². The Balaban J connectivity index is 1.95. The Morgan fingerprint density at radius 1 is 1.28 bits per heavy atom. The van der Waals surface area contributed by atoms with Gasteiger partial charge >= 0.3 is 6.18 Å². The lowest BCUT2D eigenvalue weighted by atomic mass is 10.1. The highest BCUT2D eigenvalue weighted by Gasteiger charge is 2.32. The van der Waals surface area contributed by atoms with Gasteiger partial charge in [0.2, 0.25) is 5.88 Å². The molecule has 2 heterocycles. The van der Waals surface area contributed by atoms with Crippen molar-refractivity contribution in [1.29, 1.82) is 0 Å². The molecule has 0 unspecified atom stereocenters. The van der Waals surface area contributed by atoms with Gasteiger partial charge in [-0.25, -0.2) is 4.98 Å². The van der Waals surface area contributed by atoms with Gasteiger partial charge in [-0.05, 0) is 31.2 Å². The molecule has 1 aromatic carbocycles. The van der Waals surface area contributed by atoms with Crippen LogP contribution >= 0.6 is 11.6 Å². The van der Waals surface area contributed by atoms with Crippen LogP contribution in [0, 0.1) is 0 Å². The SMILES string of the molecule is CCOc1ccc(Cl)c(C(=O)Nc2cc(C(F)(F)F)ccc2N2CCOCC2)n1. The molecular weight excluding hydrogens is 411 g/mol. The lowest BCUT2D eigenvalue weighted by Gasteiger charge is -2.31. The van der Waals surface area contributed by atoms with E-state index in [9.17, 15) is 18.0 Å². The number of hydrogen-bond acceptors (Lipinski definition) is 5. The van der Waals surface area contributed by atoms with Crippen molar-refractivity contribution in [1.82, 2.24) is 4.98 Å². The fraction of sp³-hybridized carbons (Fsp3) is 0.368. The number of carbonyl (C=O) groups is 1. The Morgan fingerprint density at radius 2 is 2.00 bits per heavy atom. The highest BCUT2D eigenvalue weighted by Crippen LogP contribution is 2.36. The Morgan fingerprint density at radius 3 is 2.66 bits per heavy atom. The monoisotopic (exact) mass is 429 g/mol. The number of alkyl halides is 3. The second-order valence-corrected chi connectivity index (χ2v) is 6.60. The second kappa shape index (κ2) is 8.87. The van der Waals surface area contributed by atoms with Crippen LogP contribution in [0.3, 0.4) is 0 Å². The average molecular weight is 430 g/mol. The predicted molar refractivity (Wildman–Crippen MR) is 103 cm³/mol. The second-order valence-electron chi connectivity index (χ2n) is 6.20. The number of carbonyl (C=O) groups excluding carboxylic acids is 1. The minimum Gasteiger partial charge on any atom is -0.478 e. The molecule has 0 bridgehead atoms. The van der Waals surface area contributed by atoms with Crippen molar-refractivity contribution in [3.63, 3.8) is 0 Å². The van der Waals surface area contributed by atoms with Crippen LogP contribution in [0.4, 0.5) is 24.5 Å². The highest BCUT2D eigenvalue weighted by atomic mass is 35.5. The summed E-state index contributed by atoms with van der Waals surface area (Å²) in [6.45, 7) is 3.97. The van der Waals surface area contributed by atoms with E-state index in [1.54, 1.807) is 6.92 Å². The summed E-state index contributed by atoms with van der Waals surface area (Å²) in [6.07, 6.45) is -4.55. The third kappa shape index (κ3) is 5.10. The molecule has 2 aromatic rings. The van der Waals surface area contributed by atoms with Crippen molar-refractivity contribution < 1.29 is 27.4 Å². The number of nitrogens with zero attached hydrogens (tertiary/aromatic N) is 2. The highest BCUT2D eigenvalue weighted by molar-refractivity contribution is 6.34. The van der Waals surface area contributed by atoms with Crippen LogP contribution in [0.5, 0.6) is 5.88 Å². The first-order valence-corrected chi connectivity index (χ1v) is 9.32. The number of nitrogens with one attached hydrogen (secondary N) is 1. The molecule has 3 rings (SSSR count). The van der Waals surface area contributed by atoms with Crippen LogP contribution in [0.15, 0.2) is 30.3 Å². The van der Waals surface area contributed by atoms with Gasteiger partial charge in [0.05, 0.1) is 41.8 Å². The maximum absolute atomic E-state index is 13.2. The first-order chi connectivity index (χ1) is 13.8. The summed E-state index contributed by atoms with van der Waals surface area (Å²) in [7, 11) is 0. The van der Waals surface area contributed by atoms with Crippen LogP contribution in [-0.4, -0.2) is 43.8 Å². The number of benzene rings is 1. The standard InChI is InChI=1S/C19H19ClF3N3O3/c1-2-29-16-6-4-13(20)17(25-16)18(27)24-14-11-12(19(21,22)23)3-5-15(14)26-7-9-28-10-8-26/h3-6,11H,2,7-10H2,1H3,(H,24,27). The van der Waals surface area contributed by atoms with Crippen LogP contribution in [0.25, 0.3) is 0 Å². The Kier molecular flexibility index (Phi) is 6.49. The van der Waals surface area contributed by atoms with Crippen LogP contribution < -0.4 is 15.0 Å². The lowest BCUT2D eigenvalue weighted by molar-refractivity contribution is -0.137. The van der Waals surface area contributed by atoms with Crippen LogP contribution in [0.2, 0.25) is 5.02 Å². The summed E-state index contributed by atoms with van der Waals surface area (Å²) in [5.41, 5.74) is -0.520. The van der Waals surface area contributed by atoms with Gasteiger partial charge in [0, 0.05) is 19.2 Å². The lowest BCUT2D eigenvalue weighted by Crippen LogP contribution is -2.37. The fourth-order valence-electron chi connectivity index (χ4n) is 2.89. The maximum Gasteiger partial charge on any atom is 0.416 e. The van der Waals surface area contributed by atoms with Gasteiger partial charge in [-0.2, -0.15) is 13.2 Å². The molecule has 1 saturated heterocycles. The molecule has 1 fully saturated rings. The van der Waals surface area contributed by atoms with E-state index >= 15 is 0 Å². The molecule has 0 saturated carbocycles. The van der Waals surface area contributed by atoms with Gasteiger partial charge in [0.25, 0.3) is 5.91 Å². The summed E-state index contributed by atoms with van der Waals surface area (Å²) in [5, 5.41) is 2.58. The van der Waals surface area contributed by atoms with Crippen molar-refractivity contribution in [2.45, 2.75) is 13.1 Å². The van der Waals surface area contributed by atoms with E-state index in [2.05, 4.69) is 10.3 Å². The van der Waals surface area contributed by atoms with Crippen molar-refractivity contribution in [3.05, 3.63) is 46.6 Å². The predicted octanol–water partition coefficient (Wildman–Crippen LogP) is 4.24. The summed E-state index contributed by atoms with van der Waals surface area (Å²) < 4.78 is 50.2. The average Bonchev–Trinajstić information content (AvgIpc) is 2.69. The van der Waals surface area contributed by atoms with Crippen molar-refractivity contribution in [3.8, 4) is 5.88 Å². The Labute approximate surface area is 170 Å². The number of pyridine rings is 1. The first-order valence-electron chi connectivity index (χ1n) is 8.94. The van der Waals surface area contributed by atoms with Gasteiger partial charge in [0.15, 0.2) is 5.69 Å². The third-order valence-corrected chi connectivity index (χ3v) is 4.56. The Hall–Kier alpha value is -2.52. The van der Waals surface area contributed by atoms with E-state index in [0.717, 1.165) is 12.1 Å². The summed E-state index contributed by atoms with van der Waals surface area (Å²) in [6, 6.07) is 6.19. The molecule has 0 radical (unpaired) electrons. The van der Waals surface area contributed by atoms with Crippen LogP contribution in [0.1, 0.15) is 23.0 Å². The minimum atomic E-state index is -4.55. The number of aromatic nitrogens is 1. The summed E-state index contributed by atoms with van der Waals surface area (Å²) in [4.78, 5) is 18.7. The largest absolute Gasteiger partial charge is 0.478 e. The molecule has 0 atom stereocenters. The Bertz CT molecular complexity index is 887. The van der Waals surface area contributed by atoms with Gasteiger partial charge in [0.1, 0.15) is 0 Å². The number of morpholine rings is 1. The molecule has 1 amide bonds. The number of ether oxygens (including phenoxy) is 2. The molecule has 156 valence electrons. The van der Waals surface area contributed by atoms with Gasteiger partial charge < -0.3 is 19.7 Å². The van der Waals surface area contributed by atoms with Gasteiger partial charge in [-0.15, -0.1) is 0 Å². The fourth-order valence-corrected chi connectivity index (χ4v) is 3.08. The molecule has 0 spiro atoms. The van der Waals surface area contributed by atoms with E-state index in [1.807, 2.05) is 4.90 Å². The summed E-state index contributed by atoms with van der Waals surface area (Å²) >= 11 is 6.06. The normalized spacial score (nSPS) is 14.6. The third-order valence-electron chi connectivity index (χ3n) is 4.25. The quantitative estimate of drug-likeness (QED) is 0.770. The van der Waals surface area contributed by atoms with Gasteiger partial charge in [-0.1, -0.05) is 11.6 Å². The first kappa shape index (κ1) is 21.2. The smallest absolute Gasteiger partial charge is 0.416 e. The molecule has 1 aliphatic rings.